The van der Waals surface area contributed by atoms with E-state index in [2.05, 4.69) is 21.3 Å². The summed E-state index contributed by atoms with van der Waals surface area (Å²) in [5, 5.41) is 3.40. The van der Waals surface area contributed by atoms with Gasteiger partial charge in [0, 0.05) is 6.04 Å². The Kier molecular flexibility index (Phi) is 5.60. The predicted octanol–water partition coefficient (Wildman–Crippen LogP) is 2.96. The zero-order valence-corrected chi connectivity index (χ0v) is 14.3. The maximum atomic E-state index is 6.12. The maximum Gasteiger partial charge on any atom is 0.188 e. The van der Waals surface area contributed by atoms with E-state index in [4.69, 9.17) is 10.2 Å². The van der Waals surface area contributed by atoms with Gasteiger partial charge in [-0.2, -0.15) is 0 Å². The summed E-state index contributed by atoms with van der Waals surface area (Å²) in [7, 11) is 0. The van der Waals surface area contributed by atoms with E-state index in [1.807, 2.05) is 13.0 Å². The van der Waals surface area contributed by atoms with Crippen molar-refractivity contribution in [2.45, 2.75) is 64.0 Å². The van der Waals surface area contributed by atoms with Crippen LogP contribution in [0.5, 0.6) is 0 Å². The summed E-state index contributed by atoms with van der Waals surface area (Å²) in [6.45, 7) is 4.90. The number of likely N-dealkylation sites (tertiary alicyclic amines) is 1. The lowest BCUT2D eigenvalue weighted by Crippen LogP contribution is -2.41. The maximum absolute atomic E-state index is 6.12. The van der Waals surface area contributed by atoms with Gasteiger partial charge in [-0.25, -0.2) is 0 Å². The zero-order chi connectivity index (χ0) is 16.1. The Balaban J connectivity index is 1.61. The third kappa shape index (κ3) is 4.50. The smallest absolute Gasteiger partial charge is 0.188 e. The summed E-state index contributed by atoms with van der Waals surface area (Å²) < 4.78 is 5.87. The number of guanidine groups is 1. The van der Waals surface area contributed by atoms with Crippen LogP contribution in [0.1, 0.15) is 62.5 Å². The minimum atomic E-state index is 0.206. The Bertz CT molecular complexity index is 513. The lowest BCUT2D eigenvalue weighted by Gasteiger charge is -2.26. The van der Waals surface area contributed by atoms with E-state index in [1.54, 1.807) is 0 Å². The van der Waals surface area contributed by atoms with Gasteiger partial charge in [-0.15, -0.1) is 0 Å². The van der Waals surface area contributed by atoms with Crippen molar-refractivity contribution in [1.82, 2.24) is 10.2 Å². The Morgan fingerprint density at radius 1 is 1.26 bits per heavy atom. The molecule has 1 aliphatic carbocycles. The summed E-state index contributed by atoms with van der Waals surface area (Å²) in [6.07, 6.45) is 8.89. The molecule has 2 aliphatic rings. The molecule has 0 spiro atoms. The van der Waals surface area contributed by atoms with Crippen LogP contribution in [0.15, 0.2) is 21.5 Å². The first-order valence-corrected chi connectivity index (χ1v) is 9.09. The van der Waals surface area contributed by atoms with Gasteiger partial charge >= 0.3 is 0 Å². The number of aliphatic imine (C=N–C) groups is 1. The fourth-order valence-corrected chi connectivity index (χ4v) is 3.76. The summed E-state index contributed by atoms with van der Waals surface area (Å²) in [6, 6.07) is 4.83. The van der Waals surface area contributed by atoms with Gasteiger partial charge in [0.25, 0.3) is 0 Å². The molecule has 0 radical (unpaired) electrons. The largest absolute Gasteiger partial charge is 0.465 e. The standard InChI is InChI=1S/C18H30N4O/c1-14-9-10-17(23-14)16(22-11-5-6-12-22)13-20-18(19)21-15-7-3-2-4-8-15/h9-10,15-16H,2-8,11-13H2,1H3,(H3,19,20,21). The molecule has 0 amide bonds. The van der Waals surface area contributed by atoms with E-state index >= 15 is 0 Å². The highest BCUT2D eigenvalue weighted by atomic mass is 16.3. The molecule has 5 nitrogen and oxygen atoms in total. The van der Waals surface area contributed by atoms with Crippen LogP contribution in [-0.4, -0.2) is 36.5 Å². The number of nitrogens with zero attached hydrogens (tertiary/aromatic N) is 2. The average molecular weight is 318 g/mol. The minimum absolute atomic E-state index is 0.206. The topological polar surface area (TPSA) is 66.8 Å². The van der Waals surface area contributed by atoms with Crippen molar-refractivity contribution in [3.8, 4) is 0 Å². The summed E-state index contributed by atoms with van der Waals surface area (Å²) in [4.78, 5) is 7.10. The molecule has 1 aromatic heterocycles. The van der Waals surface area contributed by atoms with Gasteiger partial charge in [0.05, 0.1) is 12.6 Å². The molecule has 1 unspecified atom stereocenters. The zero-order valence-electron chi connectivity index (χ0n) is 14.3. The van der Waals surface area contributed by atoms with Crippen molar-refractivity contribution in [2.24, 2.45) is 10.7 Å². The minimum Gasteiger partial charge on any atom is -0.465 e. The van der Waals surface area contributed by atoms with Crippen molar-refractivity contribution in [1.29, 1.82) is 0 Å². The van der Waals surface area contributed by atoms with Gasteiger partial charge in [0.1, 0.15) is 11.5 Å². The quantitative estimate of drug-likeness (QED) is 0.647. The van der Waals surface area contributed by atoms with Crippen LogP contribution in [0.3, 0.4) is 0 Å². The number of hydrogen-bond acceptors (Lipinski definition) is 3. The van der Waals surface area contributed by atoms with Crippen LogP contribution < -0.4 is 11.1 Å². The fraction of sp³-hybridized carbons (Fsp3) is 0.722. The molecular formula is C18H30N4O. The molecule has 1 atom stereocenters. The van der Waals surface area contributed by atoms with Gasteiger partial charge in [-0.05, 0) is 57.8 Å². The summed E-state index contributed by atoms with van der Waals surface area (Å²) in [5.74, 6) is 2.56. The van der Waals surface area contributed by atoms with Gasteiger partial charge in [0.2, 0.25) is 0 Å². The highest BCUT2D eigenvalue weighted by molar-refractivity contribution is 5.78. The highest BCUT2D eigenvalue weighted by Crippen LogP contribution is 2.27. The van der Waals surface area contributed by atoms with Crippen molar-refractivity contribution >= 4 is 5.96 Å². The van der Waals surface area contributed by atoms with Crippen molar-refractivity contribution in [2.75, 3.05) is 19.6 Å². The van der Waals surface area contributed by atoms with Gasteiger partial charge in [-0.3, -0.25) is 9.89 Å². The third-order valence-corrected chi connectivity index (χ3v) is 5.06. The third-order valence-electron chi connectivity index (χ3n) is 5.06. The summed E-state index contributed by atoms with van der Waals surface area (Å²) in [5.41, 5.74) is 6.12. The Morgan fingerprint density at radius 3 is 2.65 bits per heavy atom. The molecule has 1 aromatic rings. The molecule has 2 fully saturated rings. The van der Waals surface area contributed by atoms with Crippen LogP contribution in [0.4, 0.5) is 0 Å². The molecule has 1 saturated carbocycles. The van der Waals surface area contributed by atoms with Crippen LogP contribution >= 0.6 is 0 Å². The molecule has 1 aliphatic heterocycles. The SMILES string of the molecule is Cc1ccc(C(CN=C(N)NC2CCCCC2)N2CCCC2)o1. The lowest BCUT2D eigenvalue weighted by molar-refractivity contribution is 0.219. The second-order valence-corrected chi connectivity index (χ2v) is 6.91. The van der Waals surface area contributed by atoms with Crippen LogP contribution in [0.2, 0.25) is 0 Å². The molecule has 1 saturated heterocycles. The van der Waals surface area contributed by atoms with Crippen LogP contribution in [0.25, 0.3) is 0 Å². The van der Waals surface area contributed by atoms with Gasteiger partial charge < -0.3 is 15.5 Å². The fourth-order valence-electron chi connectivity index (χ4n) is 3.76. The van der Waals surface area contributed by atoms with Crippen LogP contribution in [-0.2, 0) is 0 Å². The molecule has 5 heteroatoms. The highest BCUT2D eigenvalue weighted by Gasteiger charge is 2.26. The molecule has 23 heavy (non-hydrogen) atoms. The molecule has 128 valence electrons. The number of furan rings is 1. The number of aryl methyl sites for hydroxylation is 1. The number of hydrogen-bond donors (Lipinski definition) is 2. The second kappa shape index (κ2) is 7.86. The normalized spacial score (nSPS) is 22.4. The molecule has 2 heterocycles. The first kappa shape index (κ1) is 16.4. The van der Waals surface area contributed by atoms with E-state index in [0.717, 1.165) is 24.6 Å². The molecular weight excluding hydrogens is 288 g/mol. The molecule has 0 aromatic carbocycles. The van der Waals surface area contributed by atoms with E-state index in [0.29, 0.717) is 18.5 Å². The Labute approximate surface area is 139 Å². The molecule has 3 N–H and O–H groups in total. The number of rotatable bonds is 5. The van der Waals surface area contributed by atoms with Gasteiger partial charge in [0.15, 0.2) is 5.96 Å². The second-order valence-electron chi connectivity index (χ2n) is 6.91. The number of nitrogens with two attached hydrogens (primary N) is 1. The predicted molar refractivity (Wildman–Crippen MR) is 93.5 cm³/mol. The van der Waals surface area contributed by atoms with Crippen molar-refractivity contribution in [3.63, 3.8) is 0 Å². The molecule has 0 bridgehead atoms. The number of nitrogens with one attached hydrogen (secondary N) is 1. The molecule has 3 rings (SSSR count). The van der Waals surface area contributed by atoms with E-state index < -0.39 is 0 Å². The Morgan fingerprint density at radius 2 is 2.00 bits per heavy atom. The average Bonchev–Trinajstić information content (AvgIpc) is 3.21. The van der Waals surface area contributed by atoms with Crippen LogP contribution in [0, 0.1) is 6.92 Å². The first-order valence-electron chi connectivity index (χ1n) is 9.09. The summed E-state index contributed by atoms with van der Waals surface area (Å²) >= 11 is 0. The van der Waals surface area contributed by atoms with Crippen molar-refractivity contribution in [3.05, 3.63) is 23.7 Å². The Hall–Kier alpha value is -1.49. The first-order chi connectivity index (χ1) is 11.2. The van der Waals surface area contributed by atoms with Crippen molar-refractivity contribution < 1.29 is 4.42 Å². The van der Waals surface area contributed by atoms with Gasteiger partial charge in [-0.1, -0.05) is 19.3 Å². The lowest BCUT2D eigenvalue weighted by atomic mass is 9.96. The van der Waals surface area contributed by atoms with E-state index in [1.165, 1.54) is 44.9 Å². The monoisotopic (exact) mass is 318 g/mol. The van der Waals surface area contributed by atoms with E-state index in [-0.39, 0.29) is 6.04 Å². The van der Waals surface area contributed by atoms with E-state index in [9.17, 15) is 0 Å².